The molecule has 0 spiro atoms. The summed E-state index contributed by atoms with van der Waals surface area (Å²) < 4.78 is 20.3. The molecule has 0 saturated heterocycles. The Hall–Kier alpha value is -2.62. The van der Waals surface area contributed by atoms with Crippen LogP contribution in [-0.2, 0) is 6.54 Å². The van der Waals surface area contributed by atoms with Crippen molar-refractivity contribution in [3.63, 3.8) is 0 Å². The van der Waals surface area contributed by atoms with Gasteiger partial charge in [-0.1, -0.05) is 12.1 Å². The Kier molecular flexibility index (Phi) is 3.44. The van der Waals surface area contributed by atoms with Gasteiger partial charge < -0.3 is 9.30 Å². The quantitative estimate of drug-likeness (QED) is 0.684. The smallest absolute Gasteiger partial charge is 0.166 e. The zero-order chi connectivity index (χ0) is 14.8. The van der Waals surface area contributed by atoms with Crippen LogP contribution in [0.3, 0.4) is 0 Å². The van der Waals surface area contributed by atoms with Crippen molar-refractivity contribution in [2.45, 2.75) is 6.54 Å². The molecule has 3 rings (SSSR count). The fourth-order valence-corrected chi connectivity index (χ4v) is 2.45. The Morgan fingerprint density at radius 1 is 1.14 bits per heavy atom. The molecule has 0 aliphatic carbocycles. The van der Waals surface area contributed by atoms with Crippen molar-refractivity contribution in [2.75, 3.05) is 7.11 Å². The molecule has 0 unspecified atom stereocenters. The lowest BCUT2D eigenvalue weighted by Gasteiger charge is -2.08. The van der Waals surface area contributed by atoms with Gasteiger partial charge in [-0.25, -0.2) is 4.39 Å². The number of hydrogen-bond acceptors (Lipinski definition) is 2. The molecule has 0 saturated carbocycles. The summed E-state index contributed by atoms with van der Waals surface area (Å²) in [6.07, 6.45) is 0.793. The molecule has 0 aliphatic heterocycles. The van der Waals surface area contributed by atoms with Crippen molar-refractivity contribution in [2.24, 2.45) is 0 Å². The van der Waals surface area contributed by atoms with Crippen LogP contribution in [0.4, 0.5) is 4.39 Å². The van der Waals surface area contributed by atoms with Gasteiger partial charge in [-0.3, -0.25) is 4.79 Å². The molecule has 3 nitrogen and oxygen atoms in total. The predicted octanol–water partition coefficient (Wildman–Crippen LogP) is 3.65. The monoisotopic (exact) mass is 283 g/mol. The minimum atomic E-state index is -0.304. The van der Waals surface area contributed by atoms with Crippen molar-refractivity contribution in [3.05, 3.63) is 65.6 Å². The summed E-state index contributed by atoms with van der Waals surface area (Å²) in [5, 5.41) is 0.727. The number of fused-ring (bicyclic) bond motifs is 1. The lowest BCUT2D eigenvalue weighted by molar-refractivity contribution is 0.111. The number of methoxy groups -OCH3 is 1. The number of hydrogen-bond donors (Lipinski definition) is 0. The average molecular weight is 283 g/mol. The topological polar surface area (TPSA) is 31.2 Å². The first-order valence-electron chi connectivity index (χ1n) is 6.58. The van der Waals surface area contributed by atoms with Crippen LogP contribution in [0.25, 0.3) is 10.9 Å². The summed E-state index contributed by atoms with van der Waals surface area (Å²) in [5.74, 6) is 0.482. The molecule has 2 aromatic carbocycles. The van der Waals surface area contributed by atoms with Crippen molar-refractivity contribution < 1.29 is 13.9 Å². The van der Waals surface area contributed by atoms with E-state index < -0.39 is 0 Å². The van der Waals surface area contributed by atoms with E-state index in [-0.39, 0.29) is 5.82 Å². The molecule has 1 heterocycles. The third kappa shape index (κ3) is 2.52. The second-order valence-corrected chi connectivity index (χ2v) is 4.82. The van der Waals surface area contributed by atoms with Crippen LogP contribution in [0.2, 0.25) is 0 Å². The molecule has 0 bridgehead atoms. The van der Waals surface area contributed by atoms with Crippen LogP contribution in [0.1, 0.15) is 16.1 Å². The van der Waals surface area contributed by atoms with Crippen LogP contribution < -0.4 is 4.74 Å². The molecule has 0 aliphatic rings. The van der Waals surface area contributed by atoms with E-state index in [1.807, 2.05) is 28.8 Å². The highest BCUT2D eigenvalue weighted by Crippen LogP contribution is 2.22. The number of halogens is 1. The summed E-state index contributed by atoms with van der Waals surface area (Å²) in [4.78, 5) is 11.2. The minimum absolute atomic E-state index is 0.304. The third-order valence-corrected chi connectivity index (χ3v) is 3.52. The maximum absolute atomic E-state index is 13.3. The van der Waals surface area contributed by atoms with E-state index in [2.05, 4.69) is 0 Å². The first-order chi connectivity index (χ1) is 10.2. The molecule has 0 radical (unpaired) electrons. The van der Waals surface area contributed by atoms with Gasteiger partial charge in [-0.2, -0.15) is 0 Å². The summed E-state index contributed by atoms with van der Waals surface area (Å²) in [7, 11) is 1.62. The fraction of sp³-hybridized carbons (Fsp3) is 0.118. The lowest BCUT2D eigenvalue weighted by Crippen LogP contribution is -2.03. The molecule has 4 heteroatoms. The Morgan fingerprint density at radius 2 is 1.90 bits per heavy atom. The first-order valence-corrected chi connectivity index (χ1v) is 6.58. The molecule has 0 atom stereocenters. The van der Waals surface area contributed by atoms with Crippen molar-refractivity contribution in [3.8, 4) is 5.75 Å². The third-order valence-electron chi connectivity index (χ3n) is 3.52. The summed E-state index contributed by atoms with van der Waals surface area (Å²) in [5.41, 5.74) is 2.42. The van der Waals surface area contributed by atoms with Gasteiger partial charge in [0.25, 0.3) is 0 Å². The van der Waals surface area contributed by atoms with Gasteiger partial charge in [0.05, 0.1) is 12.8 Å². The van der Waals surface area contributed by atoms with E-state index >= 15 is 0 Å². The molecule has 0 amide bonds. The van der Waals surface area contributed by atoms with Crippen LogP contribution >= 0.6 is 0 Å². The number of rotatable bonds is 4. The zero-order valence-corrected chi connectivity index (χ0v) is 11.5. The Balaban J connectivity index is 2.03. The second kappa shape index (κ2) is 5.40. The van der Waals surface area contributed by atoms with Crippen molar-refractivity contribution >= 4 is 17.2 Å². The highest BCUT2D eigenvalue weighted by molar-refractivity contribution is 5.89. The number of carbonyl (C=O) groups excluding carboxylic acids is 1. The fourth-order valence-electron chi connectivity index (χ4n) is 2.45. The molecular formula is C17H14FNO2. The summed E-state index contributed by atoms with van der Waals surface area (Å²) in [6, 6.07) is 13.9. The summed E-state index contributed by atoms with van der Waals surface area (Å²) >= 11 is 0. The van der Waals surface area contributed by atoms with Gasteiger partial charge in [-0.15, -0.1) is 0 Å². The average Bonchev–Trinajstić information content (AvgIpc) is 2.85. The Morgan fingerprint density at radius 3 is 2.57 bits per heavy atom. The van der Waals surface area contributed by atoms with Crippen LogP contribution in [0, 0.1) is 5.82 Å². The first kappa shape index (κ1) is 13.4. The Labute approximate surface area is 121 Å². The van der Waals surface area contributed by atoms with Crippen molar-refractivity contribution in [1.29, 1.82) is 0 Å². The standard InChI is InChI=1S/C17H14FNO2/c1-21-16-5-2-12(3-6-16)10-19-15(11-20)9-13-8-14(18)4-7-17(13)19/h2-9,11H,10H2,1H3. The zero-order valence-electron chi connectivity index (χ0n) is 11.5. The highest BCUT2D eigenvalue weighted by Gasteiger charge is 2.09. The van der Waals surface area contributed by atoms with Crippen molar-refractivity contribution in [1.82, 2.24) is 4.57 Å². The van der Waals surface area contributed by atoms with Gasteiger partial charge in [-0.05, 0) is 42.0 Å². The molecule has 21 heavy (non-hydrogen) atoms. The van der Waals surface area contributed by atoms with E-state index in [4.69, 9.17) is 4.74 Å². The van der Waals surface area contributed by atoms with Gasteiger partial charge >= 0.3 is 0 Å². The Bertz CT molecular complexity index is 790. The number of ether oxygens (including phenoxy) is 1. The van der Waals surface area contributed by atoms with Gasteiger partial charge in [0.15, 0.2) is 6.29 Å². The predicted molar refractivity (Wildman–Crippen MR) is 79.4 cm³/mol. The number of nitrogens with zero attached hydrogens (tertiary/aromatic N) is 1. The summed E-state index contributed by atoms with van der Waals surface area (Å²) in [6.45, 7) is 0.549. The van der Waals surface area contributed by atoms with E-state index in [0.29, 0.717) is 12.2 Å². The van der Waals surface area contributed by atoms with Gasteiger partial charge in [0.2, 0.25) is 0 Å². The largest absolute Gasteiger partial charge is 0.497 e. The number of aromatic nitrogens is 1. The van der Waals surface area contributed by atoms with Crippen LogP contribution in [-0.4, -0.2) is 18.0 Å². The maximum Gasteiger partial charge on any atom is 0.166 e. The van der Waals surface area contributed by atoms with E-state index in [0.717, 1.165) is 28.5 Å². The highest BCUT2D eigenvalue weighted by atomic mass is 19.1. The lowest BCUT2D eigenvalue weighted by atomic mass is 10.2. The number of aldehydes is 1. The number of carbonyl (C=O) groups is 1. The maximum atomic E-state index is 13.3. The molecule has 3 aromatic rings. The molecule has 1 aromatic heterocycles. The minimum Gasteiger partial charge on any atom is -0.497 e. The second-order valence-electron chi connectivity index (χ2n) is 4.82. The molecule has 0 N–H and O–H groups in total. The van der Waals surface area contributed by atoms with Crippen LogP contribution in [0.5, 0.6) is 5.75 Å². The molecule has 0 fully saturated rings. The van der Waals surface area contributed by atoms with Gasteiger partial charge in [0, 0.05) is 17.4 Å². The molecular weight excluding hydrogens is 269 g/mol. The van der Waals surface area contributed by atoms with Gasteiger partial charge in [0.1, 0.15) is 11.6 Å². The molecule has 106 valence electrons. The number of benzene rings is 2. The van der Waals surface area contributed by atoms with Crippen LogP contribution in [0.15, 0.2) is 48.5 Å². The van der Waals surface area contributed by atoms with E-state index in [9.17, 15) is 9.18 Å². The van der Waals surface area contributed by atoms with E-state index in [1.54, 1.807) is 19.2 Å². The normalized spacial score (nSPS) is 10.8. The SMILES string of the molecule is COc1ccc(Cn2c(C=O)cc3cc(F)ccc32)cc1. The van der Waals surface area contributed by atoms with E-state index in [1.165, 1.54) is 12.1 Å².